The van der Waals surface area contributed by atoms with E-state index in [0.29, 0.717) is 10.9 Å². The van der Waals surface area contributed by atoms with Gasteiger partial charge in [-0.15, -0.1) is 0 Å². The Hall–Kier alpha value is -4.99. The summed E-state index contributed by atoms with van der Waals surface area (Å²) in [5, 5.41) is 34.6. The molecular formula is C24H30N6O10. The molecule has 1 aromatic carbocycles. The molecule has 1 heterocycles. The van der Waals surface area contributed by atoms with Crippen LogP contribution >= 0.6 is 0 Å². The third kappa shape index (κ3) is 9.39. The van der Waals surface area contributed by atoms with Gasteiger partial charge in [-0.1, -0.05) is 18.2 Å². The van der Waals surface area contributed by atoms with Crippen molar-refractivity contribution in [3.8, 4) is 0 Å². The summed E-state index contributed by atoms with van der Waals surface area (Å²) in [6.07, 6.45) is -1.12. The molecular weight excluding hydrogens is 532 g/mol. The Morgan fingerprint density at radius 3 is 2.00 bits per heavy atom. The molecule has 0 radical (unpaired) electrons. The Balaban J connectivity index is 2.33. The van der Waals surface area contributed by atoms with E-state index < -0.39 is 91.4 Å². The number of rotatable bonds is 16. The normalized spacial score (nSPS) is 13.8. The number of aromatic nitrogens is 1. The fourth-order valence-corrected chi connectivity index (χ4v) is 3.77. The lowest BCUT2D eigenvalue weighted by molar-refractivity contribution is -0.147. The first kappa shape index (κ1) is 31.2. The van der Waals surface area contributed by atoms with Gasteiger partial charge in [0.15, 0.2) is 0 Å². The number of nitrogens with two attached hydrogens (primary N) is 2. The highest BCUT2D eigenvalue weighted by Gasteiger charge is 2.32. The zero-order valence-corrected chi connectivity index (χ0v) is 21.1. The van der Waals surface area contributed by atoms with E-state index in [4.69, 9.17) is 21.7 Å². The predicted molar refractivity (Wildman–Crippen MR) is 136 cm³/mol. The van der Waals surface area contributed by atoms with Crippen LogP contribution in [0.15, 0.2) is 30.5 Å². The van der Waals surface area contributed by atoms with Crippen LogP contribution in [-0.2, 0) is 40.0 Å². The van der Waals surface area contributed by atoms with Crippen molar-refractivity contribution >= 4 is 52.4 Å². The molecule has 4 amide bonds. The molecule has 4 unspecified atom stereocenters. The van der Waals surface area contributed by atoms with Crippen molar-refractivity contribution in [3.05, 3.63) is 36.0 Å². The van der Waals surface area contributed by atoms with Crippen LogP contribution in [0.5, 0.6) is 0 Å². The maximum atomic E-state index is 13.3. The molecule has 0 aliphatic carbocycles. The Labute approximate surface area is 226 Å². The number of carboxylic acids is 3. The number of hydrogen-bond donors (Lipinski definition) is 9. The number of fused-ring (bicyclic) bond motifs is 1. The third-order valence-corrected chi connectivity index (χ3v) is 5.76. The van der Waals surface area contributed by atoms with Gasteiger partial charge in [-0.2, -0.15) is 0 Å². The summed E-state index contributed by atoms with van der Waals surface area (Å²) in [6, 6.07) is 0.806. The molecule has 4 atom stereocenters. The number of nitrogens with one attached hydrogen (secondary N) is 4. The molecule has 0 fully saturated rings. The molecule has 16 heteroatoms. The smallest absolute Gasteiger partial charge is 0.326 e. The van der Waals surface area contributed by atoms with Gasteiger partial charge in [-0.05, 0) is 18.1 Å². The third-order valence-electron chi connectivity index (χ3n) is 5.76. The van der Waals surface area contributed by atoms with Gasteiger partial charge in [0, 0.05) is 29.9 Å². The fraction of sp³-hybridized carbons (Fsp3) is 0.375. The van der Waals surface area contributed by atoms with Gasteiger partial charge >= 0.3 is 17.9 Å². The maximum Gasteiger partial charge on any atom is 0.326 e. The Morgan fingerprint density at radius 2 is 1.40 bits per heavy atom. The van der Waals surface area contributed by atoms with Crippen LogP contribution in [0, 0.1) is 0 Å². The Morgan fingerprint density at radius 1 is 0.800 bits per heavy atom. The minimum absolute atomic E-state index is 0.130. The van der Waals surface area contributed by atoms with E-state index >= 15 is 0 Å². The zero-order chi connectivity index (χ0) is 30.0. The second-order valence-electron chi connectivity index (χ2n) is 8.89. The number of para-hydroxylation sites is 1. The minimum atomic E-state index is -1.86. The number of benzene rings is 1. The molecule has 0 spiro atoms. The van der Waals surface area contributed by atoms with Crippen molar-refractivity contribution < 1.29 is 48.9 Å². The van der Waals surface area contributed by atoms with E-state index in [1.54, 1.807) is 30.5 Å². The first-order valence-corrected chi connectivity index (χ1v) is 11.9. The number of carbonyl (C=O) groups excluding carboxylic acids is 4. The van der Waals surface area contributed by atoms with Crippen molar-refractivity contribution in [2.75, 3.05) is 0 Å². The summed E-state index contributed by atoms with van der Waals surface area (Å²) in [4.78, 5) is 86.5. The van der Waals surface area contributed by atoms with Crippen LogP contribution in [0.25, 0.3) is 10.9 Å². The van der Waals surface area contributed by atoms with Gasteiger partial charge in [0.25, 0.3) is 0 Å². The number of amides is 4. The highest BCUT2D eigenvalue weighted by Crippen LogP contribution is 2.19. The summed E-state index contributed by atoms with van der Waals surface area (Å²) >= 11 is 0. The van der Waals surface area contributed by atoms with Crippen LogP contribution < -0.4 is 27.4 Å². The van der Waals surface area contributed by atoms with Crippen molar-refractivity contribution in [3.63, 3.8) is 0 Å². The average Bonchev–Trinajstić information content (AvgIpc) is 3.27. The maximum absolute atomic E-state index is 13.3. The van der Waals surface area contributed by atoms with Crippen LogP contribution in [0.1, 0.15) is 31.2 Å². The van der Waals surface area contributed by atoms with Crippen LogP contribution in [0.4, 0.5) is 0 Å². The molecule has 11 N–H and O–H groups in total. The topological polar surface area (TPSA) is 284 Å². The van der Waals surface area contributed by atoms with Crippen molar-refractivity contribution in [1.82, 2.24) is 20.9 Å². The lowest BCUT2D eigenvalue weighted by Crippen LogP contribution is -2.58. The van der Waals surface area contributed by atoms with Gasteiger partial charge in [0.05, 0.1) is 18.9 Å². The summed E-state index contributed by atoms with van der Waals surface area (Å²) in [5.41, 5.74) is 12.1. The monoisotopic (exact) mass is 562 g/mol. The average molecular weight is 563 g/mol. The lowest BCUT2D eigenvalue weighted by atomic mass is 10.0. The summed E-state index contributed by atoms with van der Waals surface area (Å²) in [7, 11) is 0. The Kier molecular flexibility index (Phi) is 11.1. The van der Waals surface area contributed by atoms with Gasteiger partial charge in [0.2, 0.25) is 23.6 Å². The standard InChI is InChI=1S/C24H30N6O10/c25-13(8-18(26)31)21(36)29-16(7-11-10-27-14-4-2-1-3-12(11)14)23(38)28-15(5-6-19(32)33)22(37)30-17(24(39)40)9-20(34)35/h1-4,10,13,15-17,27H,5-9,25H2,(H2,26,31)(H,28,38)(H,29,36)(H,30,37)(H,32,33)(H,34,35)(H,39,40). The number of carboxylic acid groups (broad SMARTS) is 3. The number of aromatic amines is 1. The summed E-state index contributed by atoms with van der Waals surface area (Å²) in [5.74, 6) is -8.38. The molecule has 0 saturated heterocycles. The molecule has 2 aromatic rings. The molecule has 16 nitrogen and oxygen atoms in total. The largest absolute Gasteiger partial charge is 0.481 e. The first-order valence-electron chi connectivity index (χ1n) is 11.9. The first-order chi connectivity index (χ1) is 18.8. The van der Waals surface area contributed by atoms with Crippen molar-refractivity contribution in [1.29, 1.82) is 0 Å². The second-order valence-corrected chi connectivity index (χ2v) is 8.89. The van der Waals surface area contributed by atoms with E-state index in [1.807, 2.05) is 5.32 Å². The molecule has 0 aliphatic rings. The molecule has 1 aromatic heterocycles. The zero-order valence-electron chi connectivity index (χ0n) is 21.1. The highest BCUT2D eigenvalue weighted by molar-refractivity contribution is 5.96. The van der Waals surface area contributed by atoms with Crippen LogP contribution in [0.3, 0.4) is 0 Å². The lowest BCUT2D eigenvalue weighted by Gasteiger charge is -2.25. The summed E-state index contributed by atoms with van der Waals surface area (Å²) in [6.45, 7) is 0. The number of hydrogen-bond acceptors (Lipinski definition) is 8. The molecule has 0 bridgehead atoms. The van der Waals surface area contributed by atoms with Crippen molar-refractivity contribution in [2.24, 2.45) is 11.5 Å². The van der Waals surface area contributed by atoms with Gasteiger partial charge in [0.1, 0.15) is 18.1 Å². The highest BCUT2D eigenvalue weighted by atomic mass is 16.4. The molecule has 0 saturated carbocycles. The molecule has 2 rings (SSSR count). The van der Waals surface area contributed by atoms with Crippen LogP contribution in [0.2, 0.25) is 0 Å². The second kappa shape index (κ2) is 14.2. The van der Waals surface area contributed by atoms with Crippen LogP contribution in [-0.4, -0.2) is 86.0 Å². The van der Waals surface area contributed by atoms with Gasteiger partial charge < -0.3 is 47.7 Å². The quantitative estimate of drug-likeness (QED) is 0.106. The van der Waals surface area contributed by atoms with Gasteiger partial charge in [-0.3, -0.25) is 28.8 Å². The number of carbonyl (C=O) groups is 7. The van der Waals surface area contributed by atoms with E-state index in [1.165, 1.54) is 0 Å². The number of H-pyrrole nitrogens is 1. The number of primary amides is 1. The molecule has 0 aliphatic heterocycles. The van der Waals surface area contributed by atoms with E-state index in [-0.39, 0.29) is 6.42 Å². The van der Waals surface area contributed by atoms with Gasteiger partial charge in [-0.25, -0.2) is 4.79 Å². The molecule has 216 valence electrons. The van der Waals surface area contributed by atoms with E-state index in [9.17, 15) is 38.7 Å². The SMILES string of the molecule is NC(=O)CC(N)C(=O)NC(Cc1c[nH]c2ccccc12)C(=O)NC(CCC(=O)O)C(=O)NC(CC(=O)O)C(=O)O. The number of aliphatic carboxylic acids is 3. The van der Waals surface area contributed by atoms with E-state index in [2.05, 4.69) is 15.6 Å². The fourth-order valence-electron chi connectivity index (χ4n) is 3.77. The van der Waals surface area contributed by atoms with Crippen molar-refractivity contribution in [2.45, 2.75) is 56.3 Å². The Bertz CT molecular complexity index is 1290. The van der Waals surface area contributed by atoms with E-state index in [0.717, 1.165) is 5.52 Å². The molecule has 40 heavy (non-hydrogen) atoms. The summed E-state index contributed by atoms with van der Waals surface area (Å²) < 4.78 is 0. The predicted octanol–water partition coefficient (Wildman–Crippen LogP) is -2.21. The minimum Gasteiger partial charge on any atom is -0.481 e.